The minimum atomic E-state index is -0.659. The molecule has 152 valence electrons. The van der Waals surface area contributed by atoms with Crippen LogP contribution in [0, 0.1) is 0 Å². The summed E-state index contributed by atoms with van der Waals surface area (Å²) in [4.78, 5) is 10.7. The Morgan fingerprint density at radius 1 is 1.21 bits per heavy atom. The van der Waals surface area contributed by atoms with Crippen LogP contribution in [-0.4, -0.2) is 37.9 Å². The van der Waals surface area contributed by atoms with Crippen molar-refractivity contribution in [1.82, 2.24) is 5.32 Å². The highest BCUT2D eigenvalue weighted by atomic mass is 35.5. The highest BCUT2D eigenvalue weighted by molar-refractivity contribution is 6.30. The lowest BCUT2D eigenvalue weighted by Crippen LogP contribution is -2.28. The fourth-order valence-electron chi connectivity index (χ4n) is 3.29. The zero-order chi connectivity index (χ0) is 19.1. The van der Waals surface area contributed by atoms with Crippen LogP contribution in [0.2, 0.25) is 5.02 Å². The maximum Gasteiger partial charge on any atom is 0.293 e. The summed E-state index contributed by atoms with van der Waals surface area (Å²) in [6.45, 7) is 2.46. The third-order valence-electron chi connectivity index (χ3n) is 4.73. The predicted octanol–water partition coefficient (Wildman–Crippen LogP) is 3.67. The van der Waals surface area contributed by atoms with Crippen molar-refractivity contribution in [3.05, 3.63) is 64.2 Å². The normalized spacial score (nSPS) is 14.8. The molecule has 2 N–H and O–H groups in total. The molecule has 1 unspecified atom stereocenters. The lowest BCUT2D eigenvalue weighted by Gasteiger charge is -2.22. The summed E-state index contributed by atoms with van der Waals surface area (Å²) >= 11 is 5.98. The van der Waals surface area contributed by atoms with Crippen LogP contribution < -0.4 is 10.1 Å². The second kappa shape index (κ2) is 11.3. The van der Waals surface area contributed by atoms with E-state index in [4.69, 9.17) is 21.1 Å². The molecule has 0 saturated heterocycles. The standard InChI is InChI=1S/C21H24ClNO4.ClH/c22-19-5-1-3-16(10-19)20(25)12-23-11-18(13-26-14-24)15-6-7-21-17(9-15)4-2-8-27-21;/h1,3,5-7,9-10,14,18,20,23,25H,2,4,8,11-13H2;1H/t18?,20-;/m0./s1. The Hall–Kier alpha value is -1.79. The Morgan fingerprint density at radius 3 is 2.86 bits per heavy atom. The van der Waals surface area contributed by atoms with Gasteiger partial charge in [-0.25, -0.2) is 0 Å². The van der Waals surface area contributed by atoms with Gasteiger partial charge in [0.1, 0.15) is 5.75 Å². The summed E-state index contributed by atoms with van der Waals surface area (Å²) in [7, 11) is 0. The van der Waals surface area contributed by atoms with E-state index in [0.717, 1.165) is 36.3 Å². The lowest BCUT2D eigenvalue weighted by atomic mass is 9.95. The van der Waals surface area contributed by atoms with Crippen molar-refractivity contribution in [2.24, 2.45) is 0 Å². The van der Waals surface area contributed by atoms with Crippen LogP contribution in [-0.2, 0) is 16.0 Å². The number of hydrogen-bond donors (Lipinski definition) is 2. The number of hydrogen-bond acceptors (Lipinski definition) is 5. The average molecular weight is 426 g/mol. The van der Waals surface area contributed by atoms with Crippen molar-refractivity contribution in [2.75, 3.05) is 26.3 Å². The number of ether oxygens (including phenoxy) is 2. The van der Waals surface area contributed by atoms with Gasteiger partial charge in [0.15, 0.2) is 0 Å². The highest BCUT2D eigenvalue weighted by Gasteiger charge is 2.17. The molecule has 3 rings (SSSR count). The Kier molecular flexibility index (Phi) is 9.06. The van der Waals surface area contributed by atoms with Crippen LogP contribution in [0.15, 0.2) is 42.5 Å². The van der Waals surface area contributed by atoms with E-state index in [0.29, 0.717) is 24.6 Å². The van der Waals surface area contributed by atoms with Crippen molar-refractivity contribution in [3.8, 4) is 5.75 Å². The molecule has 1 aliphatic heterocycles. The quantitative estimate of drug-likeness (QED) is 0.599. The highest BCUT2D eigenvalue weighted by Crippen LogP contribution is 2.28. The van der Waals surface area contributed by atoms with Crippen LogP contribution in [0.3, 0.4) is 0 Å². The molecule has 0 spiro atoms. The van der Waals surface area contributed by atoms with Gasteiger partial charge in [-0.2, -0.15) is 0 Å². The van der Waals surface area contributed by atoms with Crippen molar-refractivity contribution < 1.29 is 19.4 Å². The second-order valence-electron chi connectivity index (χ2n) is 6.67. The van der Waals surface area contributed by atoms with Gasteiger partial charge in [-0.05, 0) is 47.7 Å². The summed E-state index contributed by atoms with van der Waals surface area (Å²) in [5.74, 6) is 0.929. The Labute approximate surface area is 176 Å². The Morgan fingerprint density at radius 2 is 2.07 bits per heavy atom. The Balaban J connectivity index is 0.00000280. The van der Waals surface area contributed by atoms with Gasteiger partial charge in [0.2, 0.25) is 0 Å². The first-order chi connectivity index (χ1) is 13.2. The molecule has 0 amide bonds. The van der Waals surface area contributed by atoms with Crippen LogP contribution in [0.5, 0.6) is 5.75 Å². The van der Waals surface area contributed by atoms with Gasteiger partial charge >= 0.3 is 0 Å². The molecule has 0 saturated carbocycles. The number of carbonyl (C=O) groups is 1. The molecular weight excluding hydrogens is 401 g/mol. The van der Waals surface area contributed by atoms with Gasteiger partial charge in [0.25, 0.3) is 6.47 Å². The summed E-state index contributed by atoms with van der Waals surface area (Å²) < 4.78 is 10.7. The minimum absolute atomic E-state index is 0. The van der Waals surface area contributed by atoms with E-state index in [1.165, 1.54) is 5.56 Å². The van der Waals surface area contributed by atoms with Crippen molar-refractivity contribution in [2.45, 2.75) is 24.9 Å². The molecule has 0 aromatic heterocycles. The number of carbonyl (C=O) groups excluding carboxylic acids is 1. The molecule has 2 aromatic rings. The number of aliphatic hydroxyl groups is 1. The zero-order valence-electron chi connectivity index (χ0n) is 15.5. The monoisotopic (exact) mass is 425 g/mol. The number of aliphatic hydroxyl groups excluding tert-OH is 1. The third kappa shape index (κ3) is 6.11. The zero-order valence-corrected chi connectivity index (χ0v) is 17.0. The van der Waals surface area contributed by atoms with E-state index in [-0.39, 0.29) is 24.9 Å². The summed E-state index contributed by atoms with van der Waals surface area (Å²) in [5, 5.41) is 14.2. The molecule has 0 bridgehead atoms. The van der Waals surface area contributed by atoms with Gasteiger partial charge in [0, 0.05) is 24.0 Å². The van der Waals surface area contributed by atoms with E-state index in [1.807, 2.05) is 24.3 Å². The Bertz CT molecular complexity index is 772. The number of halogens is 2. The predicted molar refractivity (Wildman–Crippen MR) is 112 cm³/mol. The first-order valence-corrected chi connectivity index (χ1v) is 9.50. The van der Waals surface area contributed by atoms with Crippen molar-refractivity contribution in [3.63, 3.8) is 0 Å². The molecule has 7 heteroatoms. The van der Waals surface area contributed by atoms with Gasteiger partial charge in [0.05, 0.1) is 19.3 Å². The third-order valence-corrected chi connectivity index (χ3v) is 4.97. The maximum atomic E-state index is 10.7. The maximum absolute atomic E-state index is 10.7. The second-order valence-corrected chi connectivity index (χ2v) is 7.11. The summed E-state index contributed by atoms with van der Waals surface area (Å²) in [5.41, 5.74) is 3.04. The van der Waals surface area contributed by atoms with Gasteiger partial charge in [-0.1, -0.05) is 35.9 Å². The average Bonchev–Trinajstić information content (AvgIpc) is 2.70. The summed E-state index contributed by atoms with van der Waals surface area (Å²) in [6, 6.07) is 13.3. The molecule has 0 fully saturated rings. The van der Waals surface area contributed by atoms with Crippen LogP contribution >= 0.6 is 24.0 Å². The lowest BCUT2D eigenvalue weighted by molar-refractivity contribution is -0.129. The molecule has 1 heterocycles. The largest absolute Gasteiger partial charge is 0.493 e. The number of fused-ring (bicyclic) bond motifs is 1. The SMILES string of the molecule is Cl.O=COCC(CNC[C@H](O)c1cccc(Cl)c1)c1ccc2c(c1)CCCO2. The molecule has 0 radical (unpaired) electrons. The molecule has 28 heavy (non-hydrogen) atoms. The van der Waals surface area contributed by atoms with Gasteiger partial charge in [-0.15, -0.1) is 12.4 Å². The molecule has 0 aliphatic carbocycles. The first kappa shape index (κ1) is 22.5. The fraction of sp³-hybridized carbons (Fsp3) is 0.381. The van der Waals surface area contributed by atoms with Crippen molar-refractivity contribution >= 4 is 30.5 Å². The van der Waals surface area contributed by atoms with Gasteiger partial charge in [-0.3, -0.25) is 4.79 Å². The molecule has 2 aromatic carbocycles. The smallest absolute Gasteiger partial charge is 0.293 e. The van der Waals surface area contributed by atoms with Crippen LogP contribution in [0.1, 0.15) is 35.1 Å². The van der Waals surface area contributed by atoms with E-state index < -0.39 is 6.10 Å². The number of rotatable bonds is 9. The van der Waals surface area contributed by atoms with Crippen LogP contribution in [0.25, 0.3) is 0 Å². The molecule has 5 nitrogen and oxygen atoms in total. The van der Waals surface area contributed by atoms with Crippen molar-refractivity contribution in [1.29, 1.82) is 0 Å². The summed E-state index contributed by atoms with van der Waals surface area (Å²) in [6.07, 6.45) is 1.34. The van der Waals surface area contributed by atoms with E-state index in [1.54, 1.807) is 12.1 Å². The minimum Gasteiger partial charge on any atom is -0.493 e. The van der Waals surface area contributed by atoms with E-state index >= 15 is 0 Å². The molecule has 2 atom stereocenters. The number of aryl methyl sites for hydroxylation is 1. The number of benzene rings is 2. The fourth-order valence-corrected chi connectivity index (χ4v) is 3.49. The molecule has 1 aliphatic rings. The van der Waals surface area contributed by atoms with E-state index in [2.05, 4.69) is 11.4 Å². The van der Waals surface area contributed by atoms with Gasteiger partial charge < -0.3 is 19.9 Å². The topological polar surface area (TPSA) is 67.8 Å². The molecular formula is C21H25Cl2NO4. The number of nitrogens with one attached hydrogen (secondary N) is 1. The van der Waals surface area contributed by atoms with E-state index in [9.17, 15) is 9.90 Å². The van der Waals surface area contributed by atoms with Crippen LogP contribution in [0.4, 0.5) is 0 Å². The first-order valence-electron chi connectivity index (χ1n) is 9.12.